The first-order valence-electron chi connectivity index (χ1n) is 28.8. The Balaban J connectivity index is 0.664. The molecular formula is C76H50N4O6S. The highest BCUT2D eigenvalue weighted by atomic mass is 32.2. The molecule has 0 radical (unpaired) electrons. The number of hydrogen-bond donors (Lipinski definition) is 1. The molecule has 12 aromatic carbocycles. The molecule has 416 valence electrons. The minimum absolute atomic E-state index is 0.0964. The largest absolute Gasteiger partial charge is 0.457 e. The SMILES string of the molecule is O=C(OCc1cc(-n2c3ccccc3c3ccccc32)cc(-n2c3ccccc3c3ccccc32)c1)c1cc(C(=O)OCc2ccc3c(c2)c2ccccc2n3-c2ccc(-c3ccc(-n4c5ccccc5c5ccccc54)cc3)cc2)cc([SH](=O)=O)c1. The van der Waals surface area contributed by atoms with E-state index in [2.05, 4.69) is 182 Å². The number of hydrogen-bond acceptors (Lipinski definition) is 6. The molecule has 0 aliphatic heterocycles. The number of ether oxygens (including phenoxy) is 2. The predicted octanol–water partition coefficient (Wildman–Crippen LogP) is 17.4. The molecule has 0 saturated carbocycles. The van der Waals surface area contributed by atoms with E-state index in [0.29, 0.717) is 5.56 Å². The molecule has 87 heavy (non-hydrogen) atoms. The molecule has 0 spiro atoms. The third-order valence-corrected chi connectivity index (χ3v) is 17.6. The molecule has 16 rings (SSSR count). The summed E-state index contributed by atoms with van der Waals surface area (Å²) in [4.78, 5) is 28.0. The van der Waals surface area contributed by atoms with Crippen LogP contribution in [-0.4, -0.2) is 38.6 Å². The van der Waals surface area contributed by atoms with E-state index in [1.165, 1.54) is 40.0 Å². The van der Waals surface area contributed by atoms with E-state index in [9.17, 15) is 18.0 Å². The van der Waals surface area contributed by atoms with E-state index in [-0.39, 0.29) is 29.2 Å². The molecule has 0 saturated heterocycles. The Hall–Kier alpha value is -11.3. The highest BCUT2D eigenvalue weighted by Gasteiger charge is 2.22. The van der Waals surface area contributed by atoms with Crippen LogP contribution in [0.2, 0.25) is 0 Å². The first-order valence-corrected chi connectivity index (χ1v) is 29.9. The molecule has 0 unspecified atom stereocenters. The van der Waals surface area contributed by atoms with Gasteiger partial charge in [-0.1, -0.05) is 158 Å². The van der Waals surface area contributed by atoms with Gasteiger partial charge in [-0.3, -0.25) is 0 Å². The molecule has 4 aromatic heterocycles. The topological polar surface area (TPSA) is 106 Å². The fourth-order valence-corrected chi connectivity index (χ4v) is 13.5. The second-order valence-electron chi connectivity index (χ2n) is 21.9. The van der Waals surface area contributed by atoms with Gasteiger partial charge in [0.1, 0.15) is 13.2 Å². The summed E-state index contributed by atoms with van der Waals surface area (Å²) in [7, 11) is -3.20. The van der Waals surface area contributed by atoms with Crippen LogP contribution in [0.1, 0.15) is 31.8 Å². The summed E-state index contributed by atoms with van der Waals surface area (Å²) in [6, 6.07) is 91.7. The fourth-order valence-electron chi connectivity index (χ4n) is 13.0. The predicted molar refractivity (Wildman–Crippen MR) is 349 cm³/mol. The zero-order chi connectivity index (χ0) is 58.3. The van der Waals surface area contributed by atoms with E-state index in [0.717, 1.165) is 105 Å². The summed E-state index contributed by atoms with van der Waals surface area (Å²) in [5.74, 6) is -1.59. The van der Waals surface area contributed by atoms with Gasteiger partial charge in [0.2, 0.25) is 0 Å². The number of para-hydroxylation sites is 7. The molecule has 0 aliphatic rings. The van der Waals surface area contributed by atoms with Crippen molar-refractivity contribution in [1.82, 2.24) is 18.3 Å². The average Bonchev–Trinajstić information content (AvgIpc) is 1.80. The van der Waals surface area contributed by atoms with Crippen LogP contribution >= 0.6 is 0 Å². The van der Waals surface area contributed by atoms with Crippen LogP contribution in [0.3, 0.4) is 0 Å². The number of rotatable bonds is 12. The highest BCUT2D eigenvalue weighted by molar-refractivity contribution is 7.72. The number of benzene rings is 12. The quantitative estimate of drug-likeness (QED) is 0.0965. The number of thiol groups is 1. The number of carbonyl (C=O) groups excluding carboxylic acids is 2. The maximum atomic E-state index is 14.2. The van der Waals surface area contributed by atoms with Crippen molar-refractivity contribution in [3.8, 4) is 33.9 Å². The van der Waals surface area contributed by atoms with Crippen LogP contribution in [0.5, 0.6) is 0 Å². The third-order valence-electron chi connectivity index (χ3n) is 16.9. The molecule has 0 fully saturated rings. The van der Waals surface area contributed by atoms with Gasteiger partial charge in [0, 0.05) is 65.8 Å². The Morgan fingerprint density at radius 1 is 0.287 bits per heavy atom. The van der Waals surface area contributed by atoms with Crippen LogP contribution in [0.25, 0.3) is 121 Å². The van der Waals surface area contributed by atoms with Crippen LogP contribution in [0.15, 0.2) is 278 Å². The van der Waals surface area contributed by atoms with Gasteiger partial charge in [-0.15, -0.1) is 0 Å². The second kappa shape index (κ2) is 20.8. The summed E-state index contributed by atoms with van der Waals surface area (Å²) >= 11 is 0. The second-order valence-corrected chi connectivity index (χ2v) is 23.0. The summed E-state index contributed by atoms with van der Waals surface area (Å²) in [5.41, 5.74) is 15.7. The van der Waals surface area contributed by atoms with Crippen LogP contribution in [0, 0.1) is 0 Å². The maximum Gasteiger partial charge on any atom is 0.338 e. The number of nitrogens with zero attached hydrogens (tertiary/aromatic N) is 4. The Morgan fingerprint density at radius 3 is 0.954 bits per heavy atom. The van der Waals surface area contributed by atoms with Gasteiger partial charge in [-0.25, -0.2) is 18.0 Å². The standard InChI is InChI=1S/C76H50N4O6S/c81-75(85-46-48-29-38-74-66(41-48)65-21-7-14-28-73(65)78(74)55-36-32-51(33-37-55)50-30-34-54(35-31-50)77-67-22-8-1-15-59(67)60-16-2-9-23-68(60)77)52-42-53(44-58(43-52)87(83)84)76(82)86-47-49-39-56(79-69-24-10-3-17-61(69)62-18-4-11-25-70(62)79)45-57(40-49)80-71-26-12-5-19-63(71)64-20-6-13-27-72(64)80/h1-45,87H,46-47H2. The molecule has 4 heterocycles. The summed E-state index contributed by atoms with van der Waals surface area (Å²) in [6.07, 6.45) is 0. The lowest BCUT2D eigenvalue weighted by Gasteiger charge is -2.16. The number of fused-ring (bicyclic) bond motifs is 12. The molecular weight excluding hydrogens is 1100 g/mol. The highest BCUT2D eigenvalue weighted by Crippen LogP contribution is 2.39. The first kappa shape index (κ1) is 51.4. The lowest BCUT2D eigenvalue weighted by atomic mass is 10.0. The lowest BCUT2D eigenvalue weighted by Crippen LogP contribution is -2.11. The van der Waals surface area contributed by atoms with Crippen molar-refractivity contribution in [2.45, 2.75) is 18.1 Å². The monoisotopic (exact) mass is 1150 g/mol. The van der Waals surface area contributed by atoms with Gasteiger partial charge in [-0.05, 0) is 138 Å². The zero-order valence-electron chi connectivity index (χ0n) is 46.6. The average molecular weight is 1150 g/mol. The van der Waals surface area contributed by atoms with E-state index < -0.39 is 22.6 Å². The minimum Gasteiger partial charge on any atom is -0.457 e. The van der Waals surface area contributed by atoms with Crippen molar-refractivity contribution in [2.24, 2.45) is 0 Å². The van der Waals surface area contributed by atoms with Gasteiger partial charge in [0.15, 0.2) is 10.7 Å². The summed E-state index contributed by atoms with van der Waals surface area (Å²) in [6.45, 7) is -0.269. The van der Waals surface area contributed by atoms with E-state index in [1.807, 2.05) is 91.0 Å². The molecule has 0 atom stereocenters. The number of carbonyl (C=O) groups is 2. The maximum absolute atomic E-state index is 14.2. The molecule has 16 aromatic rings. The number of esters is 2. The van der Waals surface area contributed by atoms with Crippen molar-refractivity contribution in [3.05, 3.63) is 295 Å². The Morgan fingerprint density at radius 2 is 0.598 bits per heavy atom. The van der Waals surface area contributed by atoms with E-state index in [1.54, 1.807) is 0 Å². The van der Waals surface area contributed by atoms with Crippen LogP contribution < -0.4 is 0 Å². The third kappa shape index (κ3) is 8.74. The van der Waals surface area contributed by atoms with Crippen molar-refractivity contribution < 1.29 is 27.5 Å². The van der Waals surface area contributed by atoms with E-state index in [4.69, 9.17) is 9.47 Å². The van der Waals surface area contributed by atoms with Gasteiger partial charge >= 0.3 is 11.9 Å². The van der Waals surface area contributed by atoms with E-state index >= 15 is 0 Å². The first-order chi connectivity index (χ1) is 42.8. The van der Waals surface area contributed by atoms with Gasteiger partial charge in [0.05, 0.1) is 60.2 Å². The summed E-state index contributed by atoms with van der Waals surface area (Å²) in [5, 5.41) is 8.88. The van der Waals surface area contributed by atoms with Crippen molar-refractivity contribution in [2.75, 3.05) is 0 Å². The smallest absolute Gasteiger partial charge is 0.338 e. The van der Waals surface area contributed by atoms with Crippen LogP contribution in [-0.2, 0) is 33.4 Å². The Kier molecular flexibility index (Phi) is 12.3. The van der Waals surface area contributed by atoms with Crippen LogP contribution in [0.4, 0.5) is 0 Å². The molecule has 0 N–H and O–H groups in total. The Labute approximate surface area is 500 Å². The van der Waals surface area contributed by atoms with Gasteiger partial charge in [-0.2, -0.15) is 0 Å². The number of aromatic nitrogens is 4. The van der Waals surface area contributed by atoms with Crippen molar-refractivity contribution in [1.29, 1.82) is 0 Å². The van der Waals surface area contributed by atoms with Gasteiger partial charge in [0.25, 0.3) is 0 Å². The normalized spacial score (nSPS) is 11.8. The molecule has 0 aliphatic carbocycles. The van der Waals surface area contributed by atoms with Gasteiger partial charge < -0.3 is 27.7 Å². The molecule has 0 bridgehead atoms. The molecule has 11 heteroatoms. The minimum atomic E-state index is -3.20. The fraction of sp³-hybridized carbons (Fsp3) is 0.0263. The molecule has 0 amide bonds. The Bertz CT molecular complexity index is 5270. The zero-order valence-corrected chi connectivity index (χ0v) is 47.5. The van der Waals surface area contributed by atoms with Crippen molar-refractivity contribution >= 4 is 110 Å². The lowest BCUT2D eigenvalue weighted by molar-refractivity contribution is 0.0469. The van der Waals surface area contributed by atoms with Crippen molar-refractivity contribution in [3.63, 3.8) is 0 Å². The summed E-state index contributed by atoms with van der Waals surface area (Å²) < 4.78 is 46.3. The molecule has 10 nitrogen and oxygen atoms in total.